The summed E-state index contributed by atoms with van der Waals surface area (Å²) in [5.74, 6) is 1.22. The highest BCUT2D eigenvalue weighted by Gasteiger charge is 2.22. The van der Waals surface area contributed by atoms with Crippen LogP contribution in [0, 0.1) is 0 Å². The van der Waals surface area contributed by atoms with Crippen molar-refractivity contribution in [2.24, 2.45) is 0 Å². The molecule has 21 heavy (non-hydrogen) atoms. The van der Waals surface area contributed by atoms with Crippen molar-refractivity contribution in [3.8, 4) is 5.75 Å². The molecule has 0 amide bonds. The van der Waals surface area contributed by atoms with Crippen LogP contribution in [-0.2, 0) is 6.61 Å². The number of ether oxygens (including phenoxy) is 1. The molecule has 1 aromatic heterocycles. The molecule has 0 unspecified atom stereocenters. The van der Waals surface area contributed by atoms with Crippen molar-refractivity contribution in [2.75, 3.05) is 18.1 Å². The van der Waals surface area contributed by atoms with Gasteiger partial charge in [0.15, 0.2) is 5.13 Å². The van der Waals surface area contributed by atoms with Gasteiger partial charge in [0, 0.05) is 6.54 Å². The van der Waals surface area contributed by atoms with Gasteiger partial charge in [-0.1, -0.05) is 37.3 Å². The normalized spacial score (nSPS) is 14.8. The van der Waals surface area contributed by atoms with Crippen LogP contribution < -0.4 is 9.64 Å². The summed E-state index contributed by atoms with van der Waals surface area (Å²) in [6.45, 7) is 5.88. The Bertz CT molecular complexity index is 624. The molecule has 0 atom stereocenters. The fourth-order valence-electron chi connectivity index (χ4n) is 2.56. The van der Waals surface area contributed by atoms with E-state index in [9.17, 15) is 5.11 Å². The first kappa shape index (κ1) is 14.4. The van der Waals surface area contributed by atoms with Crippen molar-refractivity contribution < 1.29 is 9.84 Å². The lowest BCUT2D eigenvalue weighted by Crippen LogP contribution is -2.17. The molecule has 0 spiro atoms. The molecule has 0 aliphatic carbocycles. The lowest BCUT2D eigenvalue weighted by molar-refractivity contribution is 0.283. The third kappa shape index (κ3) is 2.76. The van der Waals surface area contributed by atoms with Gasteiger partial charge in [0.2, 0.25) is 0 Å². The number of aliphatic hydroxyl groups excluding tert-OH is 1. The van der Waals surface area contributed by atoms with E-state index in [1.54, 1.807) is 11.3 Å². The third-order valence-electron chi connectivity index (χ3n) is 3.58. The fourth-order valence-corrected chi connectivity index (χ4v) is 3.67. The maximum Gasteiger partial charge on any atom is 0.190 e. The summed E-state index contributed by atoms with van der Waals surface area (Å²) >= 11 is 1.58. The van der Waals surface area contributed by atoms with Gasteiger partial charge in [0.1, 0.15) is 5.75 Å². The minimum absolute atomic E-state index is 0.0527. The molecule has 2 aromatic rings. The summed E-state index contributed by atoms with van der Waals surface area (Å²) in [6.07, 6.45) is 0.958. The van der Waals surface area contributed by atoms with Crippen LogP contribution in [0.4, 0.5) is 10.8 Å². The molecule has 3 rings (SSSR count). The summed E-state index contributed by atoms with van der Waals surface area (Å²) in [6, 6.07) is 8.07. The Morgan fingerprint density at radius 3 is 2.90 bits per heavy atom. The van der Waals surface area contributed by atoms with Crippen LogP contribution in [0.1, 0.15) is 36.8 Å². The van der Waals surface area contributed by atoms with Gasteiger partial charge in [-0.25, -0.2) is 4.98 Å². The number of para-hydroxylation sites is 2. The van der Waals surface area contributed by atoms with Crippen LogP contribution in [0.2, 0.25) is 0 Å². The smallest absolute Gasteiger partial charge is 0.190 e. The molecule has 0 radical (unpaired) electrons. The molecule has 5 heteroatoms. The maximum absolute atomic E-state index is 9.56. The monoisotopic (exact) mass is 304 g/mol. The molecule has 0 saturated heterocycles. The number of rotatable bonds is 3. The van der Waals surface area contributed by atoms with E-state index in [1.165, 1.54) is 0 Å². The minimum Gasteiger partial charge on any atom is -0.491 e. The quantitative estimate of drug-likeness (QED) is 0.939. The summed E-state index contributed by atoms with van der Waals surface area (Å²) in [5, 5.41) is 10.5. The second-order valence-electron chi connectivity index (χ2n) is 5.44. The molecular formula is C16H20N2O2S. The van der Waals surface area contributed by atoms with Crippen molar-refractivity contribution in [3.05, 3.63) is 34.8 Å². The van der Waals surface area contributed by atoms with E-state index in [0.29, 0.717) is 5.92 Å². The van der Waals surface area contributed by atoms with Crippen molar-refractivity contribution in [3.63, 3.8) is 0 Å². The Morgan fingerprint density at radius 1 is 1.38 bits per heavy atom. The number of hydrogen-bond acceptors (Lipinski definition) is 5. The van der Waals surface area contributed by atoms with Gasteiger partial charge in [-0.3, -0.25) is 0 Å². The molecule has 1 aliphatic rings. The second kappa shape index (κ2) is 6.03. The first-order chi connectivity index (χ1) is 10.2. The number of thiazole rings is 1. The number of hydrogen-bond donors (Lipinski definition) is 1. The van der Waals surface area contributed by atoms with E-state index in [2.05, 4.69) is 24.8 Å². The van der Waals surface area contributed by atoms with E-state index in [-0.39, 0.29) is 6.61 Å². The highest BCUT2D eigenvalue weighted by molar-refractivity contribution is 7.15. The van der Waals surface area contributed by atoms with E-state index in [0.717, 1.165) is 46.7 Å². The van der Waals surface area contributed by atoms with Gasteiger partial charge in [-0.15, -0.1) is 0 Å². The fraction of sp³-hybridized carbons (Fsp3) is 0.438. The number of fused-ring (bicyclic) bond motifs is 1. The lowest BCUT2D eigenvalue weighted by atomic mass is 10.1. The van der Waals surface area contributed by atoms with Crippen molar-refractivity contribution in [2.45, 2.75) is 32.8 Å². The number of aliphatic hydroxyl groups is 1. The van der Waals surface area contributed by atoms with Crippen LogP contribution in [0.5, 0.6) is 5.75 Å². The highest BCUT2D eigenvalue weighted by Crippen LogP contribution is 2.39. The molecule has 0 saturated carbocycles. The summed E-state index contributed by atoms with van der Waals surface area (Å²) in [7, 11) is 0. The van der Waals surface area contributed by atoms with E-state index in [1.807, 2.05) is 18.2 Å². The molecule has 0 bridgehead atoms. The molecule has 1 aromatic carbocycles. The van der Waals surface area contributed by atoms with Gasteiger partial charge in [-0.2, -0.15) is 0 Å². The average Bonchev–Trinajstić information content (AvgIpc) is 2.81. The first-order valence-corrected chi connectivity index (χ1v) is 8.12. The van der Waals surface area contributed by atoms with Gasteiger partial charge < -0.3 is 14.7 Å². The van der Waals surface area contributed by atoms with Crippen LogP contribution in [0.25, 0.3) is 0 Å². The molecule has 4 nitrogen and oxygen atoms in total. The van der Waals surface area contributed by atoms with Crippen molar-refractivity contribution in [1.29, 1.82) is 0 Å². The zero-order chi connectivity index (χ0) is 14.8. The first-order valence-electron chi connectivity index (χ1n) is 7.30. The Balaban J connectivity index is 2.04. The Hall–Kier alpha value is -1.59. The summed E-state index contributed by atoms with van der Waals surface area (Å²) in [4.78, 5) is 7.94. The highest BCUT2D eigenvalue weighted by atomic mass is 32.1. The Labute approximate surface area is 129 Å². The van der Waals surface area contributed by atoms with Gasteiger partial charge in [0.05, 0.1) is 29.5 Å². The maximum atomic E-state index is 9.56. The molecular weight excluding hydrogens is 284 g/mol. The predicted octanol–water partition coefficient (Wildman–Crippen LogP) is 3.68. The lowest BCUT2D eigenvalue weighted by Gasteiger charge is -2.20. The van der Waals surface area contributed by atoms with E-state index >= 15 is 0 Å². The number of benzene rings is 1. The molecule has 1 aliphatic heterocycles. The molecule has 1 N–H and O–H groups in total. The largest absolute Gasteiger partial charge is 0.491 e. The van der Waals surface area contributed by atoms with Gasteiger partial charge in [-0.05, 0) is 24.5 Å². The Morgan fingerprint density at radius 2 is 2.19 bits per heavy atom. The zero-order valence-electron chi connectivity index (χ0n) is 12.4. The average molecular weight is 304 g/mol. The summed E-state index contributed by atoms with van der Waals surface area (Å²) < 4.78 is 5.80. The topological polar surface area (TPSA) is 45.6 Å². The number of nitrogens with zero attached hydrogens (tertiary/aromatic N) is 2. The summed E-state index contributed by atoms with van der Waals surface area (Å²) in [5.41, 5.74) is 2.06. The standard InChI is InChI=1S/C16H20N2O2S/c1-11(2)15-14(10-19)21-16(17-15)18-8-5-9-20-13-7-4-3-6-12(13)18/h3-4,6-7,11,19H,5,8-10H2,1-2H3. The second-order valence-corrected chi connectivity index (χ2v) is 6.50. The number of aromatic nitrogens is 1. The number of anilines is 2. The van der Waals surface area contributed by atoms with Crippen LogP contribution >= 0.6 is 11.3 Å². The van der Waals surface area contributed by atoms with Crippen molar-refractivity contribution >= 4 is 22.2 Å². The third-order valence-corrected chi connectivity index (χ3v) is 4.66. The van der Waals surface area contributed by atoms with Crippen LogP contribution in [0.3, 0.4) is 0 Å². The van der Waals surface area contributed by atoms with Crippen LogP contribution in [-0.4, -0.2) is 23.2 Å². The predicted molar refractivity (Wildman–Crippen MR) is 85.7 cm³/mol. The SMILES string of the molecule is CC(C)c1nc(N2CCCOc3ccccc32)sc1CO. The molecule has 0 fully saturated rings. The Kier molecular flexibility index (Phi) is 4.12. The van der Waals surface area contributed by atoms with Crippen LogP contribution in [0.15, 0.2) is 24.3 Å². The van der Waals surface area contributed by atoms with E-state index < -0.39 is 0 Å². The minimum atomic E-state index is 0.0527. The van der Waals surface area contributed by atoms with Crippen molar-refractivity contribution in [1.82, 2.24) is 4.98 Å². The molecule has 112 valence electrons. The zero-order valence-corrected chi connectivity index (χ0v) is 13.2. The van der Waals surface area contributed by atoms with Gasteiger partial charge in [0.25, 0.3) is 0 Å². The van der Waals surface area contributed by atoms with E-state index in [4.69, 9.17) is 9.72 Å². The molecule has 2 heterocycles. The van der Waals surface area contributed by atoms with Gasteiger partial charge >= 0.3 is 0 Å².